The number of esters is 1. The van der Waals surface area contributed by atoms with Crippen LogP contribution in [-0.4, -0.2) is 51.2 Å². The van der Waals surface area contributed by atoms with Gasteiger partial charge in [0.15, 0.2) is 0 Å². The lowest BCUT2D eigenvalue weighted by Gasteiger charge is -2.26. The minimum Gasteiger partial charge on any atom is -0.507 e. The maximum Gasteiger partial charge on any atom is 0.337 e. The molecule has 1 saturated heterocycles. The number of carbonyl (C=O) groups excluding carboxylic acids is 3. The van der Waals surface area contributed by atoms with E-state index in [1.807, 2.05) is 0 Å². The van der Waals surface area contributed by atoms with Gasteiger partial charge in [0.05, 0.1) is 56.2 Å². The van der Waals surface area contributed by atoms with Crippen molar-refractivity contribution in [1.29, 1.82) is 0 Å². The molecule has 1 atom stereocenters. The van der Waals surface area contributed by atoms with E-state index in [0.29, 0.717) is 22.7 Å². The van der Waals surface area contributed by atoms with Crippen molar-refractivity contribution in [3.05, 3.63) is 87.9 Å². The Labute approximate surface area is 223 Å². The third-order valence-electron chi connectivity index (χ3n) is 6.15. The van der Waals surface area contributed by atoms with E-state index in [4.69, 9.17) is 30.5 Å². The molecule has 10 heteroatoms. The topological polar surface area (TPSA) is 112 Å². The quantitative estimate of drug-likeness (QED) is 0.198. The number of rotatable bonds is 7. The molecule has 0 aliphatic carbocycles. The number of aliphatic hydroxyl groups excluding tert-OH is 1. The van der Waals surface area contributed by atoms with Crippen molar-refractivity contribution in [2.75, 3.05) is 33.3 Å². The molecule has 4 rings (SSSR count). The number of amides is 1. The number of Topliss-reactive ketones (excluding diaryl/α,β-unsaturated/α-hetero) is 1. The van der Waals surface area contributed by atoms with Crippen molar-refractivity contribution < 1.29 is 38.4 Å². The van der Waals surface area contributed by atoms with Crippen molar-refractivity contribution in [3.8, 4) is 17.2 Å². The van der Waals surface area contributed by atoms with E-state index >= 15 is 0 Å². The Kier molecular flexibility index (Phi) is 7.59. The Morgan fingerprint density at radius 3 is 2.18 bits per heavy atom. The van der Waals surface area contributed by atoms with Gasteiger partial charge in [-0.05, 0) is 48.0 Å². The number of hydrogen-bond donors (Lipinski definition) is 1. The molecule has 1 unspecified atom stereocenters. The summed E-state index contributed by atoms with van der Waals surface area (Å²) in [5, 5.41) is 11.7. The molecule has 9 nitrogen and oxygen atoms in total. The van der Waals surface area contributed by atoms with Crippen LogP contribution in [0.4, 0.5) is 5.69 Å². The monoisotopic (exact) mass is 537 g/mol. The molecule has 1 fully saturated rings. The first-order valence-corrected chi connectivity index (χ1v) is 11.7. The normalized spacial score (nSPS) is 16.3. The zero-order valence-corrected chi connectivity index (χ0v) is 21.7. The lowest BCUT2D eigenvalue weighted by atomic mass is 9.94. The summed E-state index contributed by atoms with van der Waals surface area (Å²) in [5.74, 6) is -1.85. The Morgan fingerprint density at radius 2 is 1.58 bits per heavy atom. The Hall–Kier alpha value is -4.50. The second-order valence-corrected chi connectivity index (χ2v) is 8.58. The van der Waals surface area contributed by atoms with Crippen LogP contribution >= 0.6 is 11.6 Å². The molecule has 196 valence electrons. The minimum atomic E-state index is -1.04. The van der Waals surface area contributed by atoms with Crippen LogP contribution in [0.1, 0.15) is 27.5 Å². The van der Waals surface area contributed by atoms with Crippen LogP contribution in [0.15, 0.2) is 66.2 Å². The highest BCUT2D eigenvalue weighted by Crippen LogP contribution is 2.45. The molecular weight excluding hydrogens is 514 g/mol. The van der Waals surface area contributed by atoms with Gasteiger partial charge < -0.3 is 24.1 Å². The Balaban J connectivity index is 1.96. The van der Waals surface area contributed by atoms with E-state index in [1.54, 1.807) is 24.3 Å². The maximum absolute atomic E-state index is 13.5. The average molecular weight is 538 g/mol. The average Bonchev–Trinajstić information content (AvgIpc) is 3.22. The van der Waals surface area contributed by atoms with Crippen molar-refractivity contribution in [1.82, 2.24) is 0 Å². The number of methoxy groups -OCH3 is 4. The SMILES string of the molecule is COC(=O)c1ccc(N2C(=O)C(=O)/C(=C(/O)c3cc(Cl)c(OC)cc3OC)C2c2cccc(OC)c2)cc1. The number of ketones is 1. The van der Waals surface area contributed by atoms with Gasteiger partial charge in [-0.2, -0.15) is 0 Å². The first kappa shape index (κ1) is 26.6. The minimum absolute atomic E-state index is 0.102. The van der Waals surface area contributed by atoms with E-state index in [-0.39, 0.29) is 27.5 Å². The van der Waals surface area contributed by atoms with Crippen LogP contribution in [0.25, 0.3) is 5.76 Å². The smallest absolute Gasteiger partial charge is 0.337 e. The summed E-state index contributed by atoms with van der Waals surface area (Å²) in [7, 11) is 5.57. The van der Waals surface area contributed by atoms with Crippen LogP contribution < -0.4 is 19.1 Å². The molecule has 1 aliphatic rings. The summed E-state index contributed by atoms with van der Waals surface area (Å²) in [5.41, 5.74) is 1.01. The summed E-state index contributed by atoms with van der Waals surface area (Å²) in [6.45, 7) is 0. The van der Waals surface area contributed by atoms with Crippen molar-refractivity contribution in [3.63, 3.8) is 0 Å². The summed E-state index contributed by atoms with van der Waals surface area (Å²) in [4.78, 5) is 40.0. The predicted molar refractivity (Wildman–Crippen MR) is 140 cm³/mol. The van der Waals surface area contributed by atoms with Crippen LogP contribution in [0, 0.1) is 0 Å². The molecular formula is C28H24ClNO8. The van der Waals surface area contributed by atoms with E-state index in [0.717, 1.165) is 0 Å². The highest BCUT2D eigenvalue weighted by atomic mass is 35.5. The maximum atomic E-state index is 13.5. The third kappa shape index (κ3) is 4.64. The fraction of sp³-hybridized carbons (Fsp3) is 0.179. The Morgan fingerprint density at radius 1 is 0.895 bits per heavy atom. The van der Waals surface area contributed by atoms with Gasteiger partial charge in [0.25, 0.3) is 11.7 Å². The molecule has 3 aromatic rings. The lowest BCUT2D eigenvalue weighted by molar-refractivity contribution is -0.132. The first-order chi connectivity index (χ1) is 18.2. The van der Waals surface area contributed by atoms with Crippen molar-refractivity contribution >= 4 is 40.7 Å². The van der Waals surface area contributed by atoms with Gasteiger partial charge in [0, 0.05) is 11.8 Å². The van der Waals surface area contributed by atoms with Crippen molar-refractivity contribution in [2.24, 2.45) is 0 Å². The van der Waals surface area contributed by atoms with Crippen LogP contribution in [0.5, 0.6) is 17.2 Å². The predicted octanol–water partition coefficient (Wildman–Crippen LogP) is 4.78. The van der Waals surface area contributed by atoms with Gasteiger partial charge in [-0.3, -0.25) is 14.5 Å². The summed E-state index contributed by atoms with van der Waals surface area (Å²) in [6.07, 6.45) is 0. The zero-order chi connectivity index (χ0) is 27.6. The molecule has 0 aromatic heterocycles. The second kappa shape index (κ2) is 10.9. The molecule has 0 saturated carbocycles. The van der Waals surface area contributed by atoms with Crippen LogP contribution in [0.2, 0.25) is 5.02 Å². The van der Waals surface area contributed by atoms with Crippen LogP contribution in [0.3, 0.4) is 0 Å². The highest BCUT2D eigenvalue weighted by molar-refractivity contribution is 6.51. The van der Waals surface area contributed by atoms with E-state index in [1.165, 1.54) is 69.7 Å². The van der Waals surface area contributed by atoms with Gasteiger partial charge >= 0.3 is 5.97 Å². The zero-order valence-electron chi connectivity index (χ0n) is 21.0. The standard InChI is InChI=1S/C28H24ClNO8/c1-35-18-7-5-6-16(12-18)24-23(25(31)19-13-20(29)22(37-3)14-21(19)36-2)26(32)27(33)30(24)17-10-8-15(9-11-17)28(34)38-4/h5-14,24,31H,1-4H3/b25-23+. The largest absolute Gasteiger partial charge is 0.507 e. The van der Waals surface area contributed by atoms with Gasteiger partial charge in [-0.25, -0.2) is 4.79 Å². The lowest BCUT2D eigenvalue weighted by Crippen LogP contribution is -2.29. The first-order valence-electron chi connectivity index (χ1n) is 11.3. The highest BCUT2D eigenvalue weighted by Gasteiger charge is 2.47. The number of benzene rings is 3. The fourth-order valence-corrected chi connectivity index (χ4v) is 4.53. The third-order valence-corrected chi connectivity index (χ3v) is 6.44. The number of carbonyl (C=O) groups is 3. The Bertz CT molecular complexity index is 1450. The van der Waals surface area contributed by atoms with Gasteiger partial charge in [0.2, 0.25) is 0 Å². The summed E-state index contributed by atoms with van der Waals surface area (Å²) >= 11 is 6.31. The molecule has 0 bridgehead atoms. The number of ether oxygens (including phenoxy) is 4. The number of aliphatic hydroxyl groups is 1. The van der Waals surface area contributed by atoms with Crippen LogP contribution in [-0.2, 0) is 14.3 Å². The molecule has 1 N–H and O–H groups in total. The molecule has 1 amide bonds. The summed E-state index contributed by atoms with van der Waals surface area (Å²) in [6, 6.07) is 14.6. The van der Waals surface area contributed by atoms with E-state index in [9.17, 15) is 19.5 Å². The van der Waals surface area contributed by atoms with Gasteiger partial charge in [0.1, 0.15) is 23.0 Å². The number of nitrogens with zero attached hydrogens (tertiary/aromatic N) is 1. The number of halogens is 1. The molecule has 1 aliphatic heterocycles. The summed E-state index contributed by atoms with van der Waals surface area (Å²) < 4.78 is 20.7. The number of hydrogen-bond acceptors (Lipinski definition) is 8. The van der Waals surface area contributed by atoms with Crippen molar-refractivity contribution in [2.45, 2.75) is 6.04 Å². The van der Waals surface area contributed by atoms with E-state index < -0.39 is 29.5 Å². The van der Waals surface area contributed by atoms with E-state index in [2.05, 4.69) is 0 Å². The molecule has 0 radical (unpaired) electrons. The molecule has 0 spiro atoms. The number of anilines is 1. The molecule has 3 aromatic carbocycles. The molecule has 38 heavy (non-hydrogen) atoms. The second-order valence-electron chi connectivity index (χ2n) is 8.17. The van der Waals surface area contributed by atoms with Gasteiger partial charge in [-0.15, -0.1) is 0 Å². The molecule has 1 heterocycles. The van der Waals surface area contributed by atoms with Gasteiger partial charge in [-0.1, -0.05) is 23.7 Å². The fourth-order valence-electron chi connectivity index (χ4n) is 4.29.